The molecule has 25 heavy (non-hydrogen) atoms. The van der Waals surface area contributed by atoms with Gasteiger partial charge in [0.1, 0.15) is 11.4 Å². The standard InChI is InChI=1S/C18H24N6O/c1-22(2)12-15-13-24(21-20-15)11-14-4-3-8-23(10-14)18-16-6-9-25-17(16)5-7-19-18/h5-7,9,13-14H,3-4,8,10-12H2,1-2H3. The van der Waals surface area contributed by atoms with Crippen LogP contribution in [0.2, 0.25) is 0 Å². The fourth-order valence-electron chi connectivity index (χ4n) is 3.63. The van der Waals surface area contributed by atoms with Crippen LogP contribution in [0.3, 0.4) is 0 Å². The SMILES string of the molecule is CN(C)Cc1cn(CC2CCCN(c3nccc4occc34)C2)nn1. The van der Waals surface area contributed by atoms with Gasteiger partial charge in [-0.3, -0.25) is 4.68 Å². The van der Waals surface area contributed by atoms with Crippen LogP contribution in [0.15, 0.2) is 35.2 Å². The molecule has 7 nitrogen and oxygen atoms in total. The number of pyridine rings is 1. The van der Waals surface area contributed by atoms with Crippen LogP contribution in [-0.2, 0) is 13.1 Å². The highest BCUT2D eigenvalue weighted by Crippen LogP contribution is 2.29. The van der Waals surface area contributed by atoms with Crippen LogP contribution in [0, 0.1) is 5.92 Å². The van der Waals surface area contributed by atoms with Crippen molar-refractivity contribution >= 4 is 16.8 Å². The smallest absolute Gasteiger partial charge is 0.139 e. The largest absolute Gasteiger partial charge is 0.464 e. The maximum atomic E-state index is 5.51. The zero-order chi connectivity index (χ0) is 17.2. The highest BCUT2D eigenvalue weighted by Gasteiger charge is 2.23. The van der Waals surface area contributed by atoms with E-state index in [0.29, 0.717) is 5.92 Å². The van der Waals surface area contributed by atoms with Gasteiger partial charge in [-0.1, -0.05) is 5.21 Å². The summed E-state index contributed by atoms with van der Waals surface area (Å²) >= 11 is 0. The van der Waals surface area contributed by atoms with Crippen LogP contribution < -0.4 is 4.90 Å². The quantitative estimate of drug-likeness (QED) is 0.711. The van der Waals surface area contributed by atoms with E-state index in [-0.39, 0.29) is 0 Å². The molecule has 0 bridgehead atoms. The van der Waals surface area contributed by atoms with Gasteiger partial charge in [-0.2, -0.15) is 0 Å². The van der Waals surface area contributed by atoms with Crippen molar-refractivity contribution in [3.8, 4) is 0 Å². The topological polar surface area (TPSA) is 63.2 Å². The molecule has 0 aromatic carbocycles. The summed E-state index contributed by atoms with van der Waals surface area (Å²) in [6.45, 7) is 3.75. The molecule has 0 spiro atoms. The monoisotopic (exact) mass is 340 g/mol. The average Bonchev–Trinajstić information content (AvgIpc) is 3.23. The summed E-state index contributed by atoms with van der Waals surface area (Å²) in [5.74, 6) is 1.58. The number of fused-ring (bicyclic) bond motifs is 1. The number of nitrogens with zero attached hydrogens (tertiary/aromatic N) is 6. The maximum absolute atomic E-state index is 5.51. The molecule has 1 unspecified atom stereocenters. The summed E-state index contributed by atoms with van der Waals surface area (Å²) in [5.41, 5.74) is 1.92. The molecule has 3 aromatic rings. The summed E-state index contributed by atoms with van der Waals surface area (Å²) in [6, 6.07) is 3.92. The first-order valence-electron chi connectivity index (χ1n) is 8.80. The molecule has 0 aliphatic carbocycles. The molecule has 0 radical (unpaired) electrons. The number of rotatable bonds is 5. The Labute approximate surface area is 147 Å². The summed E-state index contributed by atoms with van der Waals surface area (Å²) in [6.07, 6.45) is 8.00. The van der Waals surface area contributed by atoms with E-state index in [1.807, 2.05) is 37.1 Å². The Hall–Kier alpha value is -2.41. The van der Waals surface area contributed by atoms with Crippen LogP contribution in [0.5, 0.6) is 0 Å². The molecule has 1 atom stereocenters. The molecule has 1 saturated heterocycles. The predicted molar refractivity (Wildman–Crippen MR) is 96.4 cm³/mol. The van der Waals surface area contributed by atoms with Crippen LogP contribution in [-0.4, -0.2) is 52.1 Å². The van der Waals surface area contributed by atoms with E-state index in [1.54, 1.807) is 6.26 Å². The zero-order valence-corrected chi connectivity index (χ0v) is 14.8. The van der Waals surface area contributed by atoms with Crippen molar-refractivity contribution in [3.05, 3.63) is 36.5 Å². The van der Waals surface area contributed by atoms with Crippen molar-refractivity contribution in [2.75, 3.05) is 32.1 Å². The second kappa shape index (κ2) is 6.84. The van der Waals surface area contributed by atoms with Crippen molar-refractivity contribution in [3.63, 3.8) is 0 Å². The first-order chi connectivity index (χ1) is 12.2. The van der Waals surface area contributed by atoms with Gasteiger partial charge >= 0.3 is 0 Å². The number of hydrogen-bond donors (Lipinski definition) is 0. The molecular weight excluding hydrogens is 316 g/mol. The number of hydrogen-bond acceptors (Lipinski definition) is 6. The zero-order valence-electron chi connectivity index (χ0n) is 14.8. The number of furan rings is 1. The molecule has 3 aromatic heterocycles. The third-order valence-electron chi connectivity index (χ3n) is 4.69. The Bertz CT molecular complexity index is 839. The van der Waals surface area contributed by atoms with E-state index in [0.717, 1.165) is 48.7 Å². The normalized spacial score (nSPS) is 18.4. The molecule has 4 heterocycles. The van der Waals surface area contributed by atoms with Gasteiger partial charge in [0.25, 0.3) is 0 Å². The highest BCUT2D eigenvalue weighted by molar-refractivity contribution is 5.88. The molecule has 132 valence electrons. The molecule has 1 aliphatic heterocycles. The van der Waals surface area contributed by atoms with E-state index in [2.05, 4.69) is 31.3 Å². The van der Waals surface area contributed by atoms with E-state index in [9.17, 15) is 0 Å². The van der Waals surface area contributed by atoms with Gasteiger partial charge in [-0.15, -0.1) is 5.10 Å². The molecule has 0 saturated carbocycles. The first-order valence-corrected chi connectivity index (χ1v) is 8.80. The van der Waals surface area contributed by atoms with Crippen molar-refractivity contribution in [1.82, 2.24) is 24.9 Å². The highest BCUT2D eigenvalue weighted by atomic mass is 16.3. The van der Waals surface area contributed by atoms with Crippen molar-refractivity contribution in [2.24, 2.45) is 5.92 Å². The lowest BCUT2D eigenvalue weighted by Gasteiger charge is -2.33. The van der Waals surface area contributed by atoms with Crippen LogP contribution in [0.1, 0.15) is 18.5 Å². The van der Waals surface area contributed by atoms with E-state index >= 15 is 0 Å². The second-order valence-corrected chi connectivity index (χ2v) is 7.09. The van der Waals surface area contributed by atoms with Gasteiger partial charge in [0.15, 0.2) is 0 Å². The molecule has 0 N–H and O–H groups in total. The summed E-state index contributed by atoms with van der Waals surface area (Å²) < 4.78 is 7.50. The van der Waals surface area contributed by atoms with Crippen LogP contribution in [0.25, 0.3) is 11.0 Å². The van der Waals surface area contributed by atoms with E-state index < -0.39 is 0 Å². The van der Waals surface area contributed by atoms with Gasteiger partial charge in [0.05, 0.1) is 17.3 Å². The van der Waals surface area contributed by atoms with Crippen molar-refractivity contribution in [2.45, 2.75) is 25.9 Å². The molecule has 7 heteroatoms. The minimum absolute atomic E-state index is 0.548. The lowest BCUT2D eigenvalue weighted by molar-refractivity contribution is 0.347. The third-order valence-corrected chi connectivity index (χ3v) is 4.69. The summed E-state index contributed by atoms with van der Waals surface area (Å²) in [5, 5.41) is 9.65. The summed E-state index contributed by atoms with van der Waals surface area (Å²) in [7, 11) is 4.09. The first kappa shape index (κ1) is 16.1. The molecule has 4 rings (SSSR count). The molecule has 1 fully saturated rings. The van der Waals surface area contributed by atoms with Gasteiger partial charge in [-0.25, -0.2) is 4.98 Å². The van der Waals surface area contributed by atoms with Crippen molar-refractivity contribution < 1.29 is 4.42 Å². The molecule has 0 amide bonds. The Morgan fingerprint density at radius 2 is 2.24 bits per heavy atom. The Morgan fingerprint density at radius 3 is 3.12 bits per heavy atom. The fraction of sp³-hybridized carbons (Fsp3) is 0.500. The Kier molecular flexibility index (Phi) is 4.40. The van der Waals surface area contributed by atoms with Gasteiger partial charge in [0.2, 0.25) is 0 Å². The van der Waals surface area contributed by atoms with E-state index in [1.165, 1.54) is 12.8 Å². The van der Waals surface area contributed by atoms with Crippen LogP contribution in [0.4, 0.5) is 5.82 Å². The minimum Gasteiger partial charge on any atom is -0.464 e. The molecule has 1 aliphatic rings. The van der Waals surface area contributed by atoms with E-state index in [4.69, 9.17) is 4.42 Å². The Morgan fingerprint density at radius 1 is 1.32 bits per heavy atom. The maximum Gasteiger partial charge on any atom is 0.139 e. The molecular formula is C18H24N6O. The lowest BCUT2D eigenvalue weighted by atomic mass is 9.98. The number of aromatic nitrogens is 4. The third kappa shape index (κ3) is 3.51. The number of anilines is 1. The minimum atomic E-state index is 0.548. The average molecular weight is 340 g/mol. The van der Waals surface area contributed by atoms with Gasteiger partial charge in [0, 0.05) is 38.6 Å². The van der Waals surface area contributed by atoms with Gasteiger partial charge < -0.3 is 14.2 Å². The summed E-state index contributed by atoms with van der Waals surface area (Å²) in [4.78, 5) is 9.09. The number of piperidine rings is 1. The second-order valence-electron chi connectivity index (χ2n) is 7.09. The lowest BCUT2D eigenvalue weighted by Crippen LogP contribution is -2.37. The van der Waals surface area contributed by atoms with Crippen molar-refractivity contribution in [1.29, 1.82) is 0 Å². The fourth-order valence-corrected chi connectivity index (χ4v) is 3.63. The predicted octanol–water partition coefficient (Wildman–Crippen LogP) is 2.40. The Balaban J connectivity index is 1.46. The van der Waals surface area contributed by atoms with Gasteiger partial charge in [-0.05, 0) is 45.0 Å². The van der Waals surface area contributed by atoms with Crippen LogP contribution >= 0.6 is 0 Å².